The molecule has 0 saturated heterocycles. The number of ether oxygens (including phenoxy) is 1. The molecule has 1 aliphatic carbocycles. The van der Waals surface area contributed by atoms with E-state index >= 15 is 0 Å². The summed E-state index contributed by atoms with van der Waals surface area (Å²) in [5.41, 5.74) is 19.3. The first-order valence-electron chi connectivity index (χ1n) is 12.3. The Morgan fingerprint density at radius 1 is 1.03 bits per heavy atom. The number of carboxylic acid groups (broad SMARTS) is 1. The van der Waals surface area contributed by atoms with Crippen molar-refractivity contribution >= 4 is 29.5 Å². The van der Waals surface area contributed by atoms with Gasteiger partial charge in [-0.25, -0.2) is 4.79 Å². The number of primary amides is 1. The minimum absolute atomic E-state index is 0.0611. The van der Waals surface area contributed by atoms with E-state index in [1.54, 1.807) is 24.3 Å². The number of amides is 2. The average Bonchev–Trinajstić information content (AvgIpc) is 3.24. The van der Waals surface area contributed by atoms with Gasteiger partial charge in [0, 0.05) is 6.42 Å². The van der Waals surface area contributed by atoms with Crippen molar-refractivity contribution in [2.45, 2.75) is 75.6 Å². The number of carbonyl (C=O) groups excluding carboxylic acids is 4. The zero-order valence-corrected chi connectivity index (χ0v) is 20.8. The van der Waals surface area contributed by atoms with E-state index in [4.69, 9.17) is 27.7 Å². The van der Waals surface area contributed by atoms with Gasteiger partial charge in [-0.15, -0.1) is 0 Å². The molecular weight excluding hydrogens is 482 g/mol. The van der Waals surface area contributed by atoms with Crippen LogP contribution >= 0.6 is 0 Å². The Labute approximate surface area is 215 Å². The second kappa shape index (κ2) is 13.3. The first-order valence-corrected chi connectivity index (χ1v) is 12.3. The monoisotopic (exact) mass is 519 g/mol. The molecule has 2 rings (SSSR count). The molecule has 0 radical (unpaired) electrons. The molecule has 0 bridgehead atoms. The number of nitrogens with one attached hydrogen (secondary N) is 1. The fourth-order valence-corrected chi connectivity index (χ4v) is 4.88. The third-order valence-corrected chi connectivity index (χ3v) is 6.91. The van der Waals surface area contributed by atoms with Gasteiger partial charge in [0.2, 0.25) is 5.91 Å². The first kappa shape index (κ1) is 29.9. The van der Waals surface area contributed by atoms with Crippen LogP contribution in [0.3, 0.4) is 0 Å². The van der Waals surface area contributed by atoms with E-state index in [2.05, 4.69) is 5.32 Å². The number of hydrogen-bond donors (Lipinski definition) is 6. The number of unbranched alkanes of at least 4 members (excludes halogenated alkanes) is 1. The number of hydrogen-bond acceptors (Lipinski definition) is 9. The number of ketones is 2. The van der Waals surface area contributed by atoms with Gasteiger partial charge in [0.1, 0.15) is 17.6 Å². The molecule has 204 valence electrons. The van der Waals surface area contributed by atoms with Gasteiger partial charge in [-0.2, -0.15) is 0 Å². The van der Waals surface area contributed by atoms with Crippen LogP contribution in [0.25, 0.3) is 0 Å². The van der Waals surface area contributed by atoms with Crippen LogP contribution in [0.15, 0.2) is 30.3 Å². The highest BCUT2D eigenvalue weighted by molar-refractivity contribution is 6.16. The quantitative estimate of drug-likeness (QED) is 0.135. The van der Waals surface area contributed by atoms with E-state index in [0.29, 0.717) is 19.4 Å². The number of Topliss-reactive ketones (excluding diaryl/α,β-unsaturated/α-hetero) is 2. The molecule has 0 aliphatic heterocycles. The highest BCUT2D eigenvalue weighted by Gasteiger charge is 2.67. The standard InChI is InChI=1S/C25H37N5O7/c26-14-5-4-9-18(30-23(36)37-15-16-7-2-1-3-8-16)21(33)24(12-6-13-25(24,29)22(34)35)20(32)17(27)10-11-19(28)31/h1-3,7-8,17-18H,4-6,9-15,26-27,29H2,(H2,28,31)(H,30,36)(H,34,35). The van der Waals surface area contributed by atoms with Gasteiger partial charge in [-0.05, 0) is 57.1 Å². The summed E-state index contributed by atoms with van der Waals surface area (Å²) in [5.74, 6) is -3.96. The maximum atomic E-state index is 14.1. The van der Waals surface area contributed by atoms with E-state index in [9.17, 15) is 29.1 Å². The van der Waals surface area contributed by atoms with Crippen molar-refractivity contribution in [1.29, 1.82) is 0 Å². The molecule has 0 heterocycles. The van der Waals surface area contributed by atoms with Gasteiger partial charge < -0.3 is 38.1 Å². The van der Waals surface area contributed by atoms with Crippen LogP contribution in [-0.2, 0) is 30.5 Å². The Hall–Kier alpha value is -3.35. The highest BCUT2D eigenvalue weighted by atomic mass is 16.5. The summed E-state index contributed by atoms with van der Waals surface area (Å²) < 4.78 is 5.25. The third kappa shape index (κ3) is 6.90. The number of alkyl carbamates (subject to hydrolysis) is 1. The highest BCUT2D eigenvalue weighted by Crippen LogP contribution is 2.48. The van der Waals surface area contributed by atoms with Crippen molar-refractivity contribution in [3.05, 3.63) is 35.9 Å². The zero-order chi connectivity index (χ0) is 27.6. The number of carboxylic acids is 1. The SMILES string of the molecule is NCCCCC(NC(=O)OCc1ccccc1)C(=O)C1(C(=O)C(N)CCC(N)=O)CCCC1(N)C(=O)O. The Kier molecular flexibility index (Phi) is 10.7. The predicted octanol–water partition coefficient (Wildman–Crippen LogP) is 0.0938. The molecule has 1 saturated carbocycles. The Morgan fingerprint density at radius 2 is 1.70 bits per heavy atom. The number of carbonyl (C=O) groups is 5. The lowest BCUT2D eigenvalue weighted by molar-refractivity contribution is -0.160. The molecule has 0 aromatic heterocycles. The van der Waals surface area contributed by atoms with Gasteiger partial charge in [-0.1, -0.05) is 30.3 Å². The molecule has 37 heavy (non-hydrogen) atoms. The van der Waals surface area contributed by atoms with Gasteiger partial charge in [0.05, 0.1) is 12.1 Å². The average molecular weight is 520 g/mol. The summed E-state index contributed by atoms with van der Waals surface area (Å²) in [6.45, 7) is 0.270. The molecule has 1 aromatic carbocycles. The van der Waals surface area contributed by atoms with Crippen molar-refractivity contribution in [3.63, 3.8) is 0 Å². The normalized spacial score (nSPS) is 22.6. The Morgan fingerprint density at radius 3 is 2.30 bits per heavy atom. The van der Waals surface area contributed by atoms with Crippen LogP contribution < -0.4 is 28.3 Å². The van der Waals surface area contributed by atoms with E-state index in [-0.39, 0.29) is 45.1 Å². The molecule has 12 heteroatoms. The lowest BCUT2D eigenvalue weighted by atomic mass is 9.62. The molecule has 10 N–H and O–H groups in total. The summed E-state index contributed by atoms with van der Waals surface area (Å²) in [6, 6.07) is 6.25. The summed E-state index contributed by atoms with van der Waals surface area (Å²) in [4.78, 5) is 63.9. The minimum atomic E-state index is -2.24. The molecule has 1 fully saturated rings. The van der Waals surface area contributed by atoms with Crippen LogP contribution in [0, 0.1) is 5.41 Å². The van der Waals surface area contributed by atoms with Gasteiger partial charge >= 0.3 is 12.1 Å². The zero-order valence-electron chi connectivity index (χ0n) is 20.8. The van der Waals surface area contributed by atoms with Crippen LogP contribution in [0.5, 0.6) is 0 Å². The van der Waals surface area contributed by atoms with E-state index < -0.39 is 52.6 Å². The van der Waals surface area contributed by atoms with Crippen LogP contribution in [0.4, 0.5) is 4.79 Å². The van der Waals surface area contributed by atoms with Crippen LogP contribution in [-0.4, -0.2) is 58.8 Å². The van der Waals surface area contributed by atoms with E-state index in [1.807, 2.05) is 6.07 Å². The summed E-state index contributed by atoms with van der Waals surface area (Å²) >= 11 is 0. The second-order valence-corrected chi connectivity index (χ2v) is 9.42. The maximum Gasteiger partial charge on any atom is 0.408 e. The predicted molar refractivity (Wildman–Crippen MR) is 134 cm³/mol. The van der Waals surface area contributed by atoms with E-state index in [0.717, 1.165) is 5.56 Å². The van der Waals surface area contributed by atoms with Gasteiger partial charge in [0.15, 0.2) is 11.6 Å². The number of nitrogens with two attached hydrogens (primary N) is 4. The Balaban J connectivity index is 2.38. The molecular formula is C25H37N5O7. The molecule has 4 unspecified atom stereocenters. The smallest absolute Gasteiger partial charge is 0.408 e. The number of aliphatic carboxylic acids is 1. The van der Waals surface area contributed by atoms with Gasteiger partial charge in [0.25, 0.3) is 0 Å². The number of rotatable bonds is 15. The third-order valence-electron chi connectivity index (χ3n) is 6.91. The topological polar surface area (TPSA) is 231 Å². The largest absolute Gasteiger partial charge is 0.480 e. The summed E-state index contributed by atoms with van der Waals surface area (Å²) in [7, 11) is 0. The van der Waals surface area contributed by atoms with Gasteiger partial charge in [-0.3, -0.25) is 19.2 Å². The molecule has 4 atom stereocenters. The van der Waals surface area contributed by atoms with Crippen molar-refractivity contribution in [2.75, 3.05) is 6.54 Å². The Bertz CT molecular complexity index is 989. The lowest BCUT2D eigenvalue weighted by Crippen LogP contribution is -2.69. The summed E-state index contributed by atoms with van der Waals surface area (Å²) in [5, 5.41) is 12.5. The fourth-order valence-electron chi connectivity index (χ4n) is 4.88. The molecule has 0 spiro atoms. The van der Waals surface area contributed by atoms with E-state index in [1.165, 1.54) is 0 Å². The first-order chi connectivity index (χ1) is 17.5. The summed E-state index contributed by atoms with van der Waals surface area (Å²) in [6.07, 6.45) is -0.428. The van der Waals surface area contributed by atoms with Crippen molar-refractivity contribution in [1.82, 2.24) is 5.32 Å². The fraction of sp³-hybridized carbons (Fsp3) is 0.560. The molecule has 1 aliphatic rings. The van der Waals surface area contributed by atoms with Crippen molar-refractivity contribution in [3.8, 4) is 0 Å². The molecule has 2 amide bonds. The van der Waals surface area contributed by atoms with Crippen LogP contribution in [0.2, 0.25) is 0 Å². The molecule has 12 nitrogen and oxygen atoms in total. The lowest BCUT2D eigenvalue weighted by Gasteiger charge is -2.41. The molecule has 1 aromatic rings. The van der Waals surface area contributed by atoms with Crippen LogP contribution in [0.1, 0.15) is 56.9 Å². The maximum absolute atomic E-state index is 14.1. The minimum Gasteiger partial charge on any atom is -0.480 e. The van der Waals surface area contributed by atoms with Crippen molar-refractivity contribution in [2.24, 2.45) is 28.3 Å². The van der Waals surface area contributed by atoms with Crippen molar-refractivity contribution < 1.29 is 33.8 Å². The second-order valence-electron chi connectivity index (χ2n) is 9.42. The number of benzene rings is 1.